The number of terminal acetylenes is 1. The lowest BCUT2D eigenvalue weighted by molar-refractivity contribution is 0.255. The fourth-order valence-corrected chi connectivity index (χ4v) is 4.23. The van der Waals surface area contributed by atoms with Gasteiger partial charge in [-0.25, -0.2) is 9.97 Å². The normalized spacial score (nSPS) is 15.9. The predicted molar refractivity (Wildman–Crippen MR) is 114 cm³/mol. The topological polar surface area (TPSA) is 44.8 Å². The molecule has 4 heteroatoms. The number of likely N-dealkylation sites (tertiary alicyclic amines) is 1. The van der Waals surface area contributed by atoms with E-state index in [1.54, 1.807) is 6.20 Å². The van der Waals surface area contributed by atoms with Crippen molar-refractivity contribution in [1.29, 1.82) is 0 Å². The fraction of sp³-hybridized carbons (Fsp3) is 0.250. The first-order valence-corrected chi connectivity index (χ1v) is 9.74. The van der Waals surface area contributed by atoms with E-state index in [1.807, 2.05) is 12.3 Å². The number of aromatic nitrogens is 3. The molecule has 28 heavy (non-hydrogen) atoms. The van der Waals surface area contributed by atoms with Crippen LogP contribution in [0.15, 0.2) is 48.8 Å². The first-order chi connectivity index (χ1) is 13.7. The van der Waals surface area contributed by atoms with Crippen LogP contribution in [0, 0.1) is 12.3 Å². The van der Waals surface area contributed by atoms with Crippen molar-refractivity contribution in [3.8, 4) is 23.5 Å². The highest BCUT2D eigenvalue weighted by Gasteiger charge is 2.18. The van der Waals surface area contributed by atoms with Crippen LogP contribution >= 0.6 is 0 Å². The molecule has 1 N–H and O–H groups in total. The average Bonchev–Trinajstić information content (AvgIpc) is 3.11. The van der Waals surface area contributed by atoms with Crippen LogP contribution in [-0.4, -0.2) is 40.0 Å². The molecule has 0 spiro atoms. The molecule has 3 aromatic heterocycles. The highest BCUT2D eigenvalue weighted by Crippen LogP contribution is 2.32. The second-order valence-corrected chi connectivity index (χ2v) is 7.71. The molecular weight excluding hydrogens is 344 g/mol. The second kappa shape index (κ2) is 6.78. The number of piperidine rings is 1. The number of nitrogens with zero attached hydrogens (tertiary/aromatic N) is 3. The number of nitrogens with one attached hydrogen (secondary N) is 1. The maximum Gasteiger partial charge on any atom is 0.138 e. The Labute approximate surface area is 164 Å². The van der Waals surface area contributed by atoms with Crippen LogP contribution in [0.2, 0.25) is 0 Å². The van der Waals surface area contributed by atoms with Crippen LogP contribution in [-0.2, 0) is 0 Å². The van der Waals surface area contributed by atoms with Crippen molar-refractivity contribution in [3.05, 3.63) is 60.0 Å². The Balaban J connectivity index is 1.56. The van der Waals surface area contributed by atoms with Gasteiger partial charge in [-0.2, -0.15) is 0 Å². The quantitative estimate of drug-likeness (QED) is 0.529. The molecule has 4 aromatic rings. The van der Waals surface area contributed by atoms with Crippen molar-refractivity contribution in [1.82, 2.24) is 19.9 Å². The van der Waals surface area contributed by atoms with Crippen LogP contribution in [0.1, 0.15) is 30.0 Å². The van der Waals surface area contributed by atoms with Crippen molar-refractivity contribution >= 4 is 21.9 Å². The van der Waals surface area contributed by atoms with Crippen LogP contribution in [0.5, 0.6) is 0 Å². The molecule has 1 fully saturated rings. The third-order valence-corrected chi connectivity index (χ3v) is 5.89. The molecule has 0 unspecified atom stereocenters. The van der Waals surface area contributed by atoms with Gasteiger partial charge >= 0.3 is 0 Å². The number of benzene rings is 1. The summed E-state index contributed by atoms with van der Waals surface area (Å²) in [5.41, 5.74) is 6.24. The molecule has 1 saturated heterocycles. The van der Waals surface area contributed by atoms with Crippen LogP contribution in [0.3, 0.4) is 0 Å². The van der Waals surface area contributed by atoms with E-state index in [-0.39, 0.29) is 0 Å². The van der Waals surface area contributed by atoms with Gasteiger partial charge in [-0.1, -0.05) is 30.2 Å². The van der Waals surface area contributed by atoms with Crippen molar-refractivity contribution in [2.24, 2.45) is 0 Å². The monoisotopic (exact) mass is 366 g/mol. The molecule has 0 amide bonds. The minimum atomic E-state index is 0.642. The number of hydrogen-bond donors (Lipinski definition) is 1. The summed E-state index contributed by atoms with van der Waals surface area (Å²) < 4.78 is 0. The van der Waals surface area contributed by atoms with Gasteiger partial charge in [-0.3, -0.25) is 0 Å². The molecule has 0 atom stereocenters. The molecule has 4 nitrogen and oxygen atoms in total. The maximum absolute atomic E-state index is 5.53. The molecule has 0 aliphatic carbocycles. The number of rotatable bonds is 2. The predicted octanol–water partition coefficient (Wildman–Crippen LogP) is 4.57. The van der Waals surface area contributed by atoms with E-state index in [1.165, 1.54) is 37.1 Å². The molecule has 1 aromatic carbocycles. The van der Waals surface area contributed by atoms with Crippen molar-refractivity contribution in [3.63, 3.8) is 0 Å². The molecule has 0 saturated carbocycles. The van der Waals surface area contributed by atoms with Gasteiger partial charge in [0.15, 0.2) is 0 Å². The summed E-state index contributed by atoms with van der Waals surface area (Å²) in [6, 6.07) is 13.1. The lowest BCUT2D eigenvalue weighted by atomic mass is 9.88. The molecule has 1 aliphatic heterocycles. The summed E-state index contributed by atoms with van der Waals surface area (Å²) >= 11 is 0. The molecule has 0 radical (unpaired) electrons. The third-order valence-electron chi connectivity index (χ3n) is 5.89. The number of fused-ring (bicyclic) bond motifs is 3. The summed E-state index contributed by atoms with van der Waals surface area (Å²) in [7, 11) is 2.20. The molecular formula is C24H22N4. The zero-order valence-corrected chi connectivity index (χ0v) is 15.9. The van der Waals surface area contributed by atoms with Gasteiger partial charge < -0.3 is 9.88 Å². The summed E-state index contributed by atoms with van der Waals surface area (Å²) in [4.78, 5) is 14.7. The van der Waals surface area contributed by atoms with E-state index in [0.717, 1.165) is 27.5 Å². The number of aromatic amines is 1. The standard InChI is InChI=1S/C24H22N4/c1-3-20-13-21-22-12-19(14-26-24(22)27-23(21)15-25-20)18-6-4-5-17(11-18)16-7-9-28(2)10-8-16/h1,4-6,11-16H,7-10H2,2H3,(H,26,27). The van der Waals surface area contributed by atoms with Gasteiger partial charge in [0.2, 0.25) is 0 Å². The van der Waals surface area contributed by atoms with Gasteiger partial charge in [-0.05, 0) is 62.2 Å². The summed E-state index contributed by atoms with van der Waals surface area (Å²) in [6.45, 7) is 2.34. The lowest BCUT2D eigenvalue weighted by Crippen LogP contribution is -2.29. The lowest BCUT2D eigenvalue weighted by Gasteiger charge is -2.29. The molecule has 138 valence electrons. The van der Waals surface area contributed by atoms with Crippen LogP contribution < -0.4 is 0 Å². The molecule has 4 heterocycles. The Bertz CT molecular complexity index is 1210. The highest BCUT2D eigenvalue weighted by molar-refractivity contribution is 6.07. The Morgan fingerprint density at radius 1 is 1.04 bits per heavy atom. The Hall–Kier alpha value is -3.16. The van der Waals surface area contributed by atoms with Crippen LogP contribution in [0.4, 0.5) is 0 Å². The minimum Gasteiger partial charge on any atom is -0.338 e. The second-order valence-electron chi connectivity index (χ2n) is 7.71. The zero-order valence-electron chi connectivity index (χ0n) is 15.9. The average molecular weight is 366 g/mol. The fourth-order valence-electron chi connectivity index (χ4n) is 4.23. The third kappa shape index (κ3) is 2.94. The van der Waals surface area contributed by atoms with E-state index in [4.69, 9.17) is 6.42 Å². The van der Waals surface area contributed by atoms with Gasteiger partial charge in [0.1, 0.15) is 11.3 Å². The van der Waals surface area contributed by atoms with E-state index in [0.29, 0.717) is 11.6 Å². The minimum absolute atomic E-state index is 0.642. The van der Waals surface area contributed by atoms with Crippen molar-refractivity contribution in [2.75, 3.05) is 20.1 Å². The largest absolute Gasteiger partial charge is 0.338 e. The first-order valence-electron chi connectivity index (χ1n) is 9.74. The summed E-state index contributed by atoms with van der Waals surface area (Å²) in [5, 5.41) is 2.15. The SMILES string of the molecule is C#Cc1cc2c(cn1)[nH]c1ncc(-c3cccc(C4CCN(C)CC4)c3)cc12. The van der Waals surface area contributed by atoms with Crippen molar-refractivity contribution in [2.45, 2.75) is 18.8 Å². The zero-order chi connectivity index (χ0) is 19.1. The Morgan fingerprint density at radius 2 is 1.89 bits per heavy atom. The van der Waals surface area contributed by atoms with Gasteiger partial charge in [-0.15, -0.1) is 6.42 Å². The van der Waals surface area contributed by atoms with E-state index < -0.39 is 0 Å². The smallest absolute Gasteiger partial charge is 0.138 e. The maximum atomic E-state index is 5.53. The Morgan fingerprint density at radius 3 is 2.71 bits per heavy atom. The van der Waals surface area contributed by atoms with E-state index >= 15 is 0 Å². The molecule has 5 rings (SSSR count). The summed E-state index contributed by atoms with van der Waals surface area (Å²) in [5.74, 6) is 3.26. The van der Waals surface area contributed by atoms with Crippen LogP contribution in [0.25, 0.3) is 33.1 Å². The van der Waals surface area contributed by atoms with Crippen molar-refractivity contribution < 1.29 is 0 Å². The molecule has 0 bridgehead atoms. The van der Waals surface area contributed by atoms with Gasteiger partial charge in [0.05, 0.1) is 11.7 Å². The van der Waals surface area contributed by atoms with E-state index in [2.05, 4.69) is 63.2 Å². The van der Waals surface area contributed by atoms with E-state index in [9.17, 15) is 0 Å². The number of H-pyrrole nitrogens is 1. The number of hydrogen-bond acceptors (Lipinski definition) is 3. The van der Waals surface area contributed by atoms with Gasteiger partial charge in [0, 0.05) is 22.5 Å². The summed E-state index contributed by atoms with van der Waals surface area (Å²) in [6.07, 6.45) is 11.7. The van der Waals surface area contributed by atoms with Gasteiger partial charge in [0.25, 0.3) is 0 Å². The highest BCUT2D eigenvalue weighted by atomic mass is 15.1. The Kier molecular flexibility index (Phi) is 4.11. The first kappa shape index (κ1) is 17.0. The number of pyridine rings is 2. The molecule has 1 aliphatic rings.